The number of hydrogen-bond donors (Lipinski definition) is 1. The van der Waals surface area contributed by atoms with Gasteiger partial charge in [-0.25, -0.2) is 12.8 Å². The number of halogens is 1. The van der Waals surface area contributed by atoms with Gasteiger partial charge in [-0.3, -0.25) is 4.79 Å². The van der Waals surface area contributed by atoms with Gasteiger partial charge >= 0.3 is 0 Å². The first-order valence-corrected chi connectivity index (χ1v) is 16.3. The zero-order chi connectivity index (χ0) is 31.0. The molecule has 1 aliphatic carbocycles. The van der Waals surface area contributed by atoms with E-state index in [2.05, 4.69) is 24.3 Å². The standard InChI is InChI=1S/C32H48FN3O5S/c1-8-36(42(38,39)32-22(2)19-29(40-7)23(3)24(32)4)17-18-41-21-30(37)34-20-25-9-11-26(12-10-25)31(35(5)6)27-13-15-28(33)16-14-27/h13-16,19,25-26,31H,8-12,17-18,20-21H2,1-7H3,(H,34,37). The van der Waals surface area contributed by atoms with Gasteiger partial charge in [-0.1, -0.05) is 19.1 Å². The molecule has 10 heteroatoms. The molecule has 1 unspecified atom stereocenters. The number of hydrogen-bond acceptors (Lipinski definition) is 6. The lowest BCUT2D eigenvalue weighted by atomic mass is 9.76. The van der Waals surface area contributed by atoms with E-state index in [1.54, 1.807) is 33.9 Å². The number of sulfonamides is 1. The number of ether oxygens (including phenoxy) is 2. The van der Waals surface area contributed by atoms with Gasteiger partial charge in [0.1, 0.15) is 18.2 Å². The molecular weight excluding hydrogens is 557 g/mol. The lowest BCUT2D eigenvalue weighted by Crippen LogP contribution is -2.37. The Bertz CT molecular complexity index is 1290. The molecule has 234 valence electrons. The van der Waals surface area contributed by atoms with Crippen LogP contribution in [0.2, 0.25) is 0 Å². The van der Waals surface area contributed by atoms with E-state index in [0.717, 1.165) is 36.8 Å². The van der Waals surface area contributed by atoms with Crippen LogP contribution in [0.15, 0.2) is 35.2 Å². The molecule has 0 bridgehead atoms. The summed E-state index contributed by atoms with van der Waals surface area (Å²) in [5.41, 5.74) is 3.24. The topological polar surface area (TPSA) is 88.2 Å². The second kappa shape index (κ2) is 15.3. The molecule has 1 atom stereocenters. The maximum Gasteiger partial charge on any atom is 0.246 e. The molecule has 1 N–H and O–H groups in total. The average molecular weight is 606 g/mol. The molecule has 0 aromatic heterocycles. The lowest BCUT2D eigenvalue weighted by molar-refractivity contribution is -0.126. The van der Waals surface area contributed by atoms with Crippen molar-refractivity contribution in [3.8, 4) is 5.75 Å². The molecule has 1 fully saturated rings. The molecule has 1 amide bonds. The Morgan fingerprint density at radius 1 is 1.07 bits per heavy atom. The van der Waals surface area contributed by atoms with Crippen molar-refractivity contribution >= 4 is 15.9 Å². The molecule has 2 aromatic carbocycles. The number of nitrogens with zero attached hydrogens (tertiary/aromatic N) is 2. The highest BCUT2D eigenvalue weighted by Crippen LogP contribution is 2.39. The van der Waals surface area contributed by atoms with Gasteiger partial charge in [0.15, 0.2) is 0 Å². The summed E-state index contributed by atoms with van der Waals surface area (Å²) in [4.78, 5) is 15.0. The van der Waals surface area contributed by atoms with E-state index in [4.69, 9.17) is 9.47 Å². The largest absolute Gasteiger partial charge is 0.496 e. The van der Waals surface area contributed by atoms with E-state index >= 15 is 0 Å². The Hall–Kier alpha value is -2.53. The Morgan fingerprint density at radius 2 is 1.71 bits per heavy atom. The number of benzene rings is 2. The minimum atomic E-state index is -3.74. The Kier molecular flexibility index (Phi) is 12.4. The van der Waals surface area contributed by atoms with Crippen molar-refractivity contribution in [3.63, 3.8) is 0 Å². The summed E-state index contributed by atoms with van der Waals surface area (Å²) in [5, 5.41) is 2.99. The van der Waals surface area contributed by atoms with E-state index in [1.807, 2.05) is 19.1 Å². The van der Waals surface area contributed by atoms with Crippen molar-refractivity contribution in [1.29, 1.82) is 0 Å². The van der Waals surface area contributed by atoms with Gasteiger partial charge in [0.2, 0.25) is 15.9 Å². The molecule has 0 spiro atoms. The summed E-state index contributed by atoms with van der Waals surface area (Å²) in [6, 6.07) is 8.80. The monoisotopic (exact) mass is 605 g/mol. The quantitative estimate of drug-likeness (QED) is 0.305. The number of carbonyl (C=O) groups excluding carboxylic acids is 1. The van der Waals surface area contributed by atoms with Crippen molar-refractivity contribution < 1.29 is 27.1 Å². The van der Waals surface area contributed by atoms with Gasteiger partial charge < -0.3 is 19.7 Å². The predicted octanol–water partition coefficient (Wildman–Crippen LogP) is 5.01. The molecule has 3 rings (SSSR count). The fraction of sp³-hybridized carbons (Fsp3) is 0.594. The van der Waals surface area contributed by atoms with Crippen LogP contribution < -0.4 is 10.1 Å². The Morgan fingerprint density at radius 3 is 2.29 bits per heavy atom. The molecule has 0 aliphatic heterocycles. The van der Waals surface area contributed by atoms with Crippen LogP contribution in [0.25, 0.3) is 0 Å². The second-order valence-corrected chi connectivity index (χ2v) is 13.4. The summed E-state index contributed by atoms with van der Waals surface area (Å²) < 4.78 is 52.8. The molecule has 0 saturated heterocycles. The molecule has 2 aromatic rings. The fourth-order valence-corrected chi connectivity index (χ4v) is 8.13. The SMILES string of the molecule is CCN(CCOCC(=O)NCC1CCC(C(c2ccc(F)cc2)N(C)C)CC1)S(=O)(=O)c1c(C)cc(OC)c(C)c1C. The number of aryl methyl sites for hydroxylation is 1. The number of likely N-dealkylation sites (N-methyl/N-ethyl adjacent to an activating group) is 1. The van der Waals surface area contributed by atoms with Gasteiger partial charge in [0, 0.05) is 25.7 Å². The van der Waals surface area contributed by atoms with Crippen LogP contribution in [0, 0.1) is 38.4 Å². The van der Waals surface area contributed by atoms with Crippen LogP contribution >= 0.6 is 0 Å². The zero-order valence-electron chi connectivity index (χ0n) is 26.2. The molecular formula is C32H48FN3O5S. The van der Waals surface area contributed by atoms with E-state index in [9.17, 15) is 17.6 Å². The van der Waals surface area contributed by atoms with Crippen molar-refractivity contribution in [2.75, 3.05) is 54.1 Å². The third kappa shape index (κ3) is 8.30. The highest BCUT2D eigenvalue weighted by Gasteiger charge is 2.31. The summed E-state index contributed by atoms with van der Waals surface area (Å²) in [6.45, 7) is 8.27. The van der Waals surface area contributed by atoms with E-state index in [0.29, 0.717) is 46.7 Å². The summed E-state index contributed by atoms with van der Waals surface area (Å²) >= 11 is 0. The minimum absolute atomic E-state index is 0.111. The summed E-state index contributed by atoms with van der Waals surface area (Å²) in [6.07, 6.45) is 4.13. The fourth-order valence-electron chi connectivity index (χ4n) is 6.21. The second-order valence-electron chi connectivity index (χ2n) is 11.6. The predicted molar refractivity (Wildman–Crippen MR) is 164 cm³/mol. The van der Waals surface area contributed by atoms with Crippen LogP contribution in [-0.2, 0) is 19.6 Å². The first-order chi connectivity index (χ1) is 19.9. The molecule has 0 radical (unpaired) electrons. The molecule has 8 nitrogen and oxygen atoms in total. The number of amides is 1. The molecule has 0 heterocycles. The normalized spacial score (nSPS) is 18.3. The maximum absolute atomic E-state index is 13.5. The first-order valence-electron chi connectivity index (χ1n) is 14.8. The lowest BCUT2D eigenvalue weighted by Gasteiger charge is -2.37. The van der Waals surface area contributed by atoms with Crippen molar-refractivity contribution in [3.05, 3.63) is 58.4 Å². The van der Waals surface area contributed by atoms with Gasteiger partial charge in [-0.15, -0.1) is 0 Å². The molecule has 42 heavy (non-hydrogen) atoms. The number of nitrogens with one attached hydrogen (secondary N) is 1. The van der Waals surface area contributed by atoms with Gasteiger partial charge in [-0.05, 0) is 113 Å². The highest BCUT2D eigenvalue weighted by molar-refractivity contribution is 7.89. The summed E-state index contributed by atoms with van der Waals surface area (Å²) in [7, 11) is 1.96. The van der Waals surface area contributed by atoms with Crippen molar-refractivity contribution in [1.82, 2.24) is 14.5 Å². The van der Waals surface area contributed by atoms with E-state index in [1.165, 1.54) is 16.4 Å². The highest BCUT2D eigenvalue weighted by atomic mass is 32.2. The third-order valence-corrected chi connectivity index (χ3v) is 10.8. The van der Waals surface area contributed by atoms with E-state index < -0.39 is 10.0 Å². The number of carbonyl (C=O) groups is 1. The Balaban J connectivity index is 1.44. The van der Waals surface area contributed by atoms with Crippen LogP contribution in [0.3, 0.4) is 0 Å². The maximum atomic E-state index is 13.5. The van der Waals surface area contributed by atoms with Crippen LogP contribution in [-0.4, -0.2) is 77.6 Å². The van der Waals surface area contributed by atoms with E-state index in [-0.39, 0.29) is 37.5 Å². The first kappa shape index (κ1) is 34.0. The van der Waals surface area contributed by atoms with Crippen LogP contribution in [0.5, 0.6) is 5.75 Å². The minimum Gasteiger partial charge on any atom is -0.496 e. The zero-order valence-corrected chi connectivity index (χ0v) is 27.0. The van der Waals surface area contributed by atoms with Gasteiger partial charge in [0.05, 0.1) is 18.6 Å². The number of rotatable bonds is 14. The average Bonchev–Trinajstić information content (AvgIpc) is 2.95. The molecule has 1 aliphatic rings. The van der Waals surface area contributed by atoms with Crippen molar-refractivity contribution in [2.45, 2.75) is 64.3 Å². The number of methoxy groups -OCH3 is 1. The van der Waals surface area contributed by atoms with Crippen LogP contribution in [0.4, 0.5) is 4.39 Å². The Labute approximate surface area is 251 Å². The van der Waals surface area contributed by atoms with Crippen LogP contribution in [0.1, 0.15) is 60.9 Å². The van der Waals surface area contributed by atoms with Gasteiger partial charge in [-0.2, -0.15) is 4.31 Å². The third-order valence-electron chi connectivity index (χ3n) is 8.56. The summed E-state index contributed by atoms with van der Waals surface area (Å²) in [5.74, 6) is 1.13. The smallest absolute Gasteiger partial charge is 0.246 e. The van der Waals surface area contributed by atoms with Gasteiger partial charge in [0.25, 0.3) is 0 Å². The van der Waals surface area contributed by atoms with Crippen molar-refractivity contribution in [2.24, 2.45) is 11.8 Å². The molecule has 1 saturated carbocycles.